The molecule has 1 aromatic carbocycles. The molecule has 1 aliphatic heterocycles. The number of likely N-dealkylation sites (tertiary alicyclic amines) is 1. The van der Waals surface area contributed by atoms with Gasteiger partial charge in [0.1, 0.15) is 12.4 Å². The molecule has 7 nitrogen and oxygen atoms in total. The maximum absolute atomic E-state index is 12.7. The quantitative estimate of drug-likeness (QED) is 0.604. The summed E-state index contributed by atoms with van der Waals surface area (Å²) < 4.78 is 15.9. The van der Waals surface area contributed by atoms with Gasteiger partial charge < -0.3 is 24.4 Å². The molecule has 162 valence electrons. The second-order valence-electron chi connectivity index (χ2n) is 7.70. The van der Waals surface area contributed by atoms with Crippen LogP contribution in [0.5, 0.6) is 5.75 Å². The van der Waals surface area contributed by atoms with Crippen LogP contribution in [-0.4, -0.2) is 68.9 Å². The van der Waals surface area contributed by atoms with Gasteiger partial charge in [0.2, 0.25) is 5.91 Å². The molecule has 1 N–H and O–H groups in total. The van der Waals surface area contributed by atoms with Crippen molar-refractivity contribution in [1.82, 2.24) is 10.2 Å². The summed E-state index contributed by atoms with van der Waals surface area (Å²) in [4.78, 5) is 26.4. The Bertz CT molecular complexity index is 639. The Balaban J connectivity index is 1.72. The van der Waals surface area contributed by atoms with E-state index < -0.39 is 6.10 Å². The van der Waals surface area contributed by atoms with Crippen molar-refractivity contribution in [2.75, 3.05) is 40.0 Å². The third kappa shape index (κ3) is 7.66. The van der Waals surface area contributed by atoms with E-state index in [2.05, 4.69) is 19.2 Å². The smallest absolute Gasteiger partial charge is 0.263 e. The lowest BCUT2D eigenvalue weighted by Gasteiger charge is -2.33. The number of hydrogen-bond acceptors (Lipinski definition) is 5. The average Bonchev–Trinajstić information content (AvgIpc) is 2.71. The lowest BCUT2D eigenvalue weighted by atomic mass is 10.0. The molecular weight excluding hydrogens is 372 g/mol. The van der Waals surface area contributed by atoms with Gasteiger partial charge in [-0.05, 0) is 43.4 Å². The van der Waals surface area contributed by atoms with Gasteiger partial charge in [-0.3, -0.25) is 9.59 Å². The number of methoxy groups -OCH3 is 1. The summed E-state index contributed by atoms with van der Waals surface area (Å²) in [6.45, 7) is 8.17. The number of carbonyl (C=O) groups excluding carboxylic acids is 2. The molecule has 29 heavy (non-hydrogen) atoms. The van der Waals surface area contributed by atoms with Crippen molar-refractivity contribution >= 4 is 11.8 Å². The van der Waals surface area contributed by atoms with Gasteiger partial charge in [0.25, 0.3) is 5.91 Å². The van der Waals surface area contributed by atoms with Gasteiger partial charge in [-0.15, -0.1) is 0 Å². The second kappa shape index (κ2) is 11.8. The van der Waals surface area contributed by atoms with E-state index in [1.165, 1.54) is 5.56 Å². The monoisotopic (exact) mass is 406 g/mol. The molecule has 0 spiro atoms. The van der Waals surface area contributed by atoms with Crippen molar-refractivity contribution in [1.29, 1.82) is 0 Å². The van der Waals surface area contributed by atoms with Crippen LogP contribution < -0.4 is 10.1 Å². The topological polar surface area (TPSA) is 77.1 Å². The molecule has 2 amide bonds. The molecule has 7 heteroatoms. The standard InChI is InChI=1S/C22H34N2O5/c1-16(2)18-5-7-20(8-6-18)29-17(3)22(26)24-11-9-19(10-12-24)23-21(25)15-28-14-13-27-4/h5-8,16-17,19H,9-15H2,1-4H3,(H,23,25). The maximum atomic E-state index is 12.7. The fourth-order valence-electron chi connectivity index (χ4n) is 3.26. The average molecular weight is 407 g/mol. The summed E-state index contributed by atoms with van der Waals surface area (Å²) in [5.74, 6) is 1.01. The molecule has 1 unspecified atom stereocenters. The lowest BCUT2D eigenvalue weighted by Crippen LogP contribution is -2.50. The number of nitrogens with zero attached hydrogens (tertiary/aromatic N) is 1. The predicted molar refractivity (Wildman–Crippen MR) is 111 cm³/mol. The highest BCUT2D eigenvalue weighted by atomic mass is 16.5. The molecule has 0 aliphatic carbocycles. The van der Waals surface area contributed by atoms with Crippen LogP contribution >= 0.6 is 0 Å². The summed E-state index contributed by atoms with van der Waals surface area (Å²) in [6, 6.07) is 7.96. The molecule has 2 rings (SSSR count). The first-order chi connectivity index (χ1) is 13.9. The van der Waals surface area contributed by atoms with Crippen LogP contribution in [0.1, 0.15) is 45.1 Å². The third-order valence-corrected chi connectivity index (χ3v) is 5.04. The van der Waals surface area contributed by atoms with Gasteiger partial charge in [0, 0.05) is 26.2 Å². The van der Waals surface area contributed by atoms with Crippen molar-refractivity contribution in [3.05, 3.63) is 29.8 Å². The fourth-order valence-corrected chi connectivity index (χ4v) is 3.26. The van der Waals surface area contributed by atoms with Crippen LogP contribution in [0.15, 0.2) is 24.3 Å². The predicted octanol–water partition coefficient (Wildman–Crippen LogP) is 2.35. The normalized spacial score (nSPS) is 16.0. The number of nitrogens with one attached hydrogen (secondary N) is 1. The molecule has 0 saturated carbocycles. The largest absolute Gasteiger partial charge is 0.481 e. The number of hydrogen-bond donors (Lipinski definition) is 1. The summed E-state index contributed by atoms with van der Waals surface area (Å²) in [5, 5.41) is 2.96. The van der Waals surface area contributed by atoms with E-state index >= 15 is 0 Å². The first-order valence-electron chi connectivity index (χ1n) is 10.3. The third-order valence-electron chi connectivity index (χ3n) is 5.04. The summed E-state index contributed by atoms with van der Waals surface area (Å²) in [6.07, 6.45) is 0.914. The second-order valence-corrected chi connectivity index (χ2v) is 7.70. The first kappa shape index (κ1) is 23.2. The maximum Gasteiger partial charge on any atom is 0.263 e. The van der Waals surface area contributed by atoms with E-state index in [0.717, 1.165) is 12.8 Å². The van der Waals surface area contributed by atoms with Crippen LogP contribution in [0.4, 0.5) is 0 Å². The number of rotatable bonds is 10. The van der Waals surface area contributed by atoms with E-state index in [0.29, 0.717) is 38.0 Å². The van der Waals surface area contributed by atoms with E-state index in [9.17, 15) is 9.59 Å². The molecular formula is C22H34N2O5. The minimum atomic E-state index is -0.541. The van der Waals surface area contributed by atoms with Gasteiger partial charge >= 0.3 is 0 Å². The van der Waals surface area contributed by atoms with E-state index in [-0.39, 0.29) is 24.5 Å². The van der Waals surface area contributed by atoms with Crippen molar-refractivity contribution in [3.63, 3.8) is 0 Å². The fraction of sp³-hybridized carbons (Fsp3) is 0.636. The van der Waals surface area contributed by atoms with E-state index in [1.807, 2.05) is 29.2 Å². The summed E-state index contributed by atoms with van der Waals surface area (Å²) in [5.41, 5.74) is 1.24. The zero-order chi connectivity index (χ0) is 21.2. The van der Waals surface area contributed by atoms with Gasteiger partial charge in [-0.2, -0.15) is 0 Å². The minimum absolute atomic E-state index is 0.0226. The van der Waals surface area contributed by atoms with Crippen LogP contribution in [0, 0.1) is 0 Å². The zero-order valence-electron chi connectivity index (χ0n) is 18.0. The number of amides is 2. The Morgan fingerprint density at radius 3 is 2.34 bits per heavy atom. The van der Waals surface area contributed by atoms with Crippen LogP contribution in [-0.2, 0) is 19.1 Å². The van der Waals surface area contributed by atoms with Crippen LogP contribution in [0.3, 0.4) is 0 Å². The summed E-state index contributed by atoms with van der Waals surface area (Å²) in [7, 11) is 1.59. The first-order valence-corrected chi connectivity index (χ1v) is 10.3. The Labute approximate surface area is 173 Å². The Morgan fingerprint density at radius 2 is 1.76 bits per heavy atom. The molecule has 1 atom stereocenters. The van der Waals surface area contributed by atoms with Gasteiger partial charge in [0.05, 0.1) is 13.2 Å². The van der Waals surface area contributed by atoms with Crippen LogP contribution in [0.25, 0.3) is 0 Å². The van der Waals surface area contributed by atoms with Crippen molar-refractivity contribution in [3.8, 4) is 5.75 Å². The number of piperidine rings is 1. The Hall–Kier alpha value is -2.12. The molecule has 0 aromatic heterocycles. The Morgan fingerprint density at radius 1 is 1.10 bits per heavy atom. The lowest BCUT2D eigenvalue weighted by molar-refractivity contribution is -0.139. The highest BCUT2D eigenvalue weighted by Crippen LogP contribution is 2.20. The highest BCUT2D eigenvalue weighted by Gasteiger charge is 2.27. The SMILES string of the molecule is COCCOCC(=O)NC1CCN(C(=O)C(C)Oc2ccc(C(C)C)cc2)CC1. The van der Waals surface area contributed by atoms with Gasteiger partial charge in [-0.25, -0.2) is 0 Å². The molecule has 1 aromatic rings. The zero-order valence-corrected chi connectivity index (χ0v) is 18.0. The highest BCUT2D eigenvalue weighted by molar-refractivity contribution is 5.81. The number of benzene rings is 1. The molecule has 1 saturated heterocycles. The summed E-state index contributed by atoms with van der Waals surface area (Å²) >= 11 is 0. The van der Waals surface area contributed by atoms with Crippen molar-refractivity contribution < 1.29 is 23.8 Å². The molecule has 0 bridgehead atoms. The molecule has 1 fully saturated rings. The van der Waals surface area contributed by atoms with Crippen LogP contribution in [0.2, 0.25) is 0 Å². The minimum Gasteiger partial charge on any atom is -0.481 e. The van der Waals surface area contributed by atoms with Crippen molar-refractivity contribution in [2.24, 2.45) is 0 Å². The van der Waals surface area contributed by atoms with Crippen molar-refractivity contribution in [2.45, 2.75) is 51.7 Å². The number of carbonyl (C=O) groups is 2. The van der Waals surface area contributed by atoms with Gasteiger partial charge in [-0.1, -0.05) is 26.0 Å². The van der Waals surface area contributed by atoms with Gasteiger partial charge in [0.15, 0.2) is 6.10 Å². The molecule has 0 radical (unpaired) electrons. The van der Waals surface area contributed by atoms with E-state index in [4.69, 9.17) is 14.2 Å². The number of ether oxygens (including phenoxy) is 3. The van der Waals surface area contributed by atoms with E-state index in [1.54, 1.807) is 14.0 Å². The molecule has 1 aliphatic rings. The Kier molecular flexibility index (Phi) is 9.41. The molecule has 1 heterocycles.